The summed E-state index contributed by atoms with van der Waals surface area (Å²) in [6, 6.07) is -4.00. The quantitative estimate of drug-likeness (QED) is 0.299. The van der Waals surface area contributed by atoms with E-state index >= 15 is 0 Å². The standard InChI is InChI=1S/C18H30N6O6/c1-9(25)14(17(27)28)22-18(29)21-12(8-13(20)26)16-23-15(24-30-16)11(19)7-10-5-3-2-4-6-10/h9-12,14,25H,2-8,19H2,1H3,(H2,20,26)(H,27,28)(H2,21,22,29)/t9?,11-,12?,14-/m0/s1. The summed E-state index contributed by atoms with van der Waals surface area (Å²) in [5.41, 5.74) is 11.4. The molecule has 1 aromatic rings. The Morgan fingerprint density at radius 3 is 2.47 bits per heavy atom. The van der Waals surface area contributed by atoms with E-state index in [4.69, 9.17) is 21.1 Å². The molecule has 8 N–H and O–H groups in total. The lowest BCUT2D eigenvalue weighted by atomic mass is 9.85. The van der Waals surface area contributed by atoms with Crippen LogP contribution in [0.3, 0.4) is 0 Å². The van der Waals surface area contributed by atoms with Crippen molar-refractivity contribution in [3.05, 3.63) is 11.7 Å². The average Bonchev–Trinajstić information content (AvgIpc) is 3.16. The molecule has 0 radical (unpaired) electrons. The molecule has 4 atom stereocenters. The van der Waals surface area contributed by atoms with Gasteiger partial charge in [0, 0.05) is 0 Å². The van der Waals surface area contributed by atoms with Gasteiger partial charge < -0.3 is 36.8 Å². The van der Waals surface area contributed by atoms with Crippen LogP contribution in [-0.4, -0.2) is 50.4 Å². The maximum Gasteiger partial charge on any atom is 0.328 e. The monoisotopic (exact) mass is 426 g/mol. The minimum absolute atomic E-state index is 0.0676. The maximum absolute atomic E-state index is 12.2. The van der Waals surface area contributed by atoms with E-state index in [1.165, 1.54) is 26.2 Å². The minimum Gasteiger partial charge on any atom is -0.480 e. The van der Waals surface area contributed by atoms with E-state index < -0.39 is 42.1 Å². The molecule has 0 spiro atoms. The highest BCUT2D eigenvalue weighted by Crippen LogP contribution is 2.30. The number of hydrogen-bond acceptors (Lipinski definition) is 8. The molecule has 1 aliphatic carbocycles. The van der Waals surface area contributed by atoms with E-state index in [2.05, 4.69) is 20.8 Å². The van der Waals surface area contributed by atoms with Crippen molar-refractivity contribution in [2.24, 2.45) is 17.4 Å². The molecule has 3 amide bonds. The van der Waals surface area contributed by atoms with Gasteiger partial charge in [-0.05, 0) is 19.3 Å². The third-order valence-electron chi connectivity index (χ3n) is 5.14. The van der Waals surface area contributed by atoms with Gasteiger partial charge in [0.15, 0.2) is 11.9 Å². The summed E-state index contributed by atoms with van der Waals surface area (Å²) in [7, 11) is 0. The topological polar surface area (TPSA) is 207 Å². The lowest BCUT2D eigenvalue weighted by Gasteiger charge is -2.23. The van der Waals surface area contributed by atoms with Gasteiger partial charge in [0.25, 0.3) is 0 Å². The van der Waals surface area contributed by atoms with Crippen LogP contribution in [0.4, 0.5) is 4.79 Å². The third kappa shape index (κ3) is 6.95. The van der Waals surface area contributed by atoms with E-state index in [1.54, 1.807) is 0 Å². The molecule has 1 aliphatic rings. The Morgan fingerprint density at radius 2 is 1.90 bits per heavy atom. The number of carboxylic acid groups (broad SMARTS) is 1. The van der Waals surface area contributed by atoms with Crippen LogP contribution in [0.25, 0.3) is 0 Å². The fourth-order valence-corrected chi connectivity index (χ4v) is 3.56. The lowest BCUT2D eigenvalue weighted by molar-refractivity contribution is -0.141. The lowest BCUT2D eigenvalue weighted by Crippen LogP contribution is -2.52. The second kappa shape index (κ2) is 10.9. The number of urea groups is 1. The van der Waals surface area contributed by atoms with Crippen LogP contribution < -0.4 is 22.1 Å². The van der Waals surface area contributed by atoms with E-state index in [0.717, 1.165) is 12.8 Å². The van der Waals surface area contributed by atoms with Crippen LogP contribution in [0.15, 0.2) is 4.52 Å². The fourth-order valence-electron chi connectivity index (χ4n) is 3.56. The normalized spacial score (nSPS) is 18.8. The number of aliphatic hydroxyl groups excluding tert-OH is 1. The van der Waals surface area contributed by atoms with Crippen LogP contribution in [0, 0.1) is 5.92 Å². The van der Waals surface area contributed by atoms with Crippen LogP contribution >= 0.6 is 0 Å². The van der Waals surface area contributed by atoms with Crippen molar-refractivity contribution < 1.29 is 29.1 Å². The second-order valence-electron chi connectivity index (χ2n) is 7.73. The molecule has 1 saturated carbocycles. The summed E-state index contributed by atoms with van der Waals surface area (Å²) in [6.07, 6.45) is 4.84. The number of carbonyl (C=O) groups is 3. The number of nitrogens with one attached hydrogen (secondary N) is 2. The zero-order valence-electron chi connectivity index (χ0n) is 16.9. The summed E-state index contributed by atoms with van der Waals surface area (Å²) in [4.78, 5) is 38.9. The highest BCUT2D eigenvalue weighted by Gasteiger charge is 2.29. The number of nitrogens with two attached hydrogens (primary N) is 2. The van der Waals surface area contributed by atoms with Crippen molar-refractivity contribution in [1.82, 2.24) is 20.8 Å². The van der Waals surface area contributed by atoms with Gasteiger partial charge >= 0.3 is 12.0 Å². The van der Waals surface area contributed by atoms with Gasteiger partial charge in [0.05, 0.1) is 18.6 Å². The molecule has 12 heteroatoms. The average molecular weight is 426 g/mol. The second-order valence-corrected chi connectivity index (χ2v) is 7.73. The number of aromatic nitrogens is 2. The molecule has 30 heavy (non-hydrogen) atoms. The number of primary amides is 1. The number of carbonyl (C=O) groups excluding carboxylic acids is 2. The molecule has 0 saturated heterocycles. The molecule has 168 valence electrons. The van der Waals surface area contributed by atoms with E-state index in [0.29, 0.717) is 12.3 Å². The highest BCUT2D eigenvalue weighted by molar-refractivity contribution is 5.83. The number of amides is 3. The predicted octanol–water partition coefficient (Wildman–Crippen LogP) is 0.0895. The van der Waals surface area contributed by atoms with Crippen molar-refractivity contribution in [2.75, 3.05) is 0 Å². The summed E-state index contributed by atoms with van der Waals surface area (Å²) in [5, 5.41) is 26.9. The van der Waals surface area contributed by atoms with E-state index in [1.807, 2.05) is 0 Å². The first-order valence-electron chi connectivity index (χ1n) is 10.0. The highest BCUT2D eigenvalue weighted by atomic mass is 16.5. The fraction of sp³-hybridized carbons (Fsp3) is 0.722. The molecule has 1 heterocycles. The third-order valence-corrected chi connectivity index (χ3v) is 5.14. The Bertz CT molecular complexity index is 733. The van der Waals surface area contributed by atoms with Gasteiger partial charge in [-0.2, -0.15) is 4.98 Å². The minimum atomic E-state index is -1.54. The molecular weight excluding hydrogens is 396 g/mol. The summed E-state index contributed by atoms with van der Waals surface area (Å²) < 4.78 is 5.18. The van der Waals surface area contributed by atoms with E-state index in [9.17, 15) is 19.5 Å². The number of aliphatic hydroxyl groups is 1. The van der Waals surface area contributed by atoms with Crippen molar-refractivity contribution in [2.45, 2.75) is 76.1 Å². The Hall–Kier alpha value is -2.73. The first-order valence-corrected chi connectivity index (χ1v) is 10.0. The van der Waals surface area contributed by atoms with Crippen LogP contribution in [-0.2, 0) is 9.59 Å². The maximum atomic E-state index is 12.2. The Labute approximate surface area is 173 Å². The Balaban J connectivity index is 2.04. The first kappa shape index (κ1) is 23.5. The predicted molar refractivity (Wildman–Crippen MR) is 104 cm³/mol. The molecule has 1 aromatic heterocycles. The molecule has 0 aliphatic heterocycles. The van der Waals surface area contributed by atoms with Crippen LogP contribution in [0.2, 0.25) is 0 Å². The van der Waals surface area contributed by atoms with Gasteiger partial charge in [-0.25, -0.2) is 9.59 Å². The number of nitrogens with zero attached hydrogens (tertiary/aromatic N) is 2. The van der Waals surface area contributed by atoms with Gasteiger partial charge in [-0.1, -0.05) is 37.3 Å². The van der Waals surface area contributed by atoms with E-state index in [-0.39, 0.29) is 18.1 Å². The number of aliphatic carboxylic acids is 1. The number of hydrogen-bond donors (Lipinski definition) is 6. The van der Waals surface area contributed by atoms with Crippen LogP contribution in [0.1, 0.15) is 75.7 Å². The molecule has 0 bridgehead atoms. The summed E-state index contributed by atoms with van der Waals surface area (Å²) >= 11 is 0. The summed E-state index contributed by atoms with van der Waals surface area (Å²) in [6.45, 7) is 1.22. The van der Waals surface area contributed by atoms with Crippen molar-refractivity contribution >= 4 is 17.9 Å². The molecule has 2 unspecified atom stereocenters. The van der Waals surface area contributed by atoms with Crippen molar-refractivity contribution in [3.63, 3.8) is 0 Å². The van der Waals surface area contributed by atoms with Gasteiger partial charge in [0.1, 0.15) is 6.04 Å². The smallest absolute Gasteiger partial charge is 0.328 e. The summed E-state index contributed by atoms with van der Waals surface area (Å²) in [5.74, 6) is -1.46. The van der Waals surface area contributed by atoms with Gasteiger partial charge in [-0.3, -0.25) is 4.79 Å². The SMILES string of the molecule is CC(O)[C@H](NC(=O)NC(CC(N)=O)c1nc([C@@H](N)CC2CCCCC2)no1)C(=O)O. The largest absolute Gasteiger partial charge is 0.480 e. The molecule has 0 aromatic carbocycles. The Kier molecular flexibility index (Phi) is 8.54. The zero-order valence-corrected chi connectivity index (χ0v) is 16.9. The van der Waals surface area contributed by atoms with Gasteiger partial charge in [-0.15, -0.1) is 0 Å². The number of carboxylic acids is 1. The molecule has 2 rings (SSSR count). The zero-order chi connectivity index (χ0) is 22.3. The molecular formula is C18H30N6O6. The number of rotatable bonds is 10. The van der Waals surface area contributed by atoms with Crippen molar-refractivity contribution in [1.29, 1.82) is 0 Å². The first-order chi connectivity index (χ1) is 14.2. The van der Waals surface area contributed by atoms with Crippen molar-refractivity contribution in [3.8, 4) is 0 Å². The van der Waals surface area contributed by atoms with Crippen LogP contribution in [0.5, 0.6) is 0 Å². The van der Waals surface area contributed by atoms with Gasteiger partial charge in [0.2, 0.25) is 11.8 Å². The molecule has 12 nitrogen and oxygen atoms in total. The Morgan fingerprint density at radius 1 is 1.23 bits per heavy atom. The molecule has 1 fully saturated rings.